The van der Waals surface area contributed by atoms with Gasteiger partial charge in [-0.2, -0.15) is 0 Å². The molecule has 0 fully saturated rings. The lowest BCUT2D eigenvalue weighted by molar-refractivity contribution is -0.112. The van der Waals surface area contributed by atoms with Crippen molar-refractivity contribution < 1.29 is 4.79 Å². The summed E-state index contributed by atoms with van der Waals surface area (Å²) in [4.78, 5) is 20.8. The summed E-state index contributed by atoms with van der Waals surface area (Å²) in [6.07, 6.45) is 4.09. The van der Waals surface area contributed by atoms with Crippen LogP contribution in [0.2, 0.25) is 10.2 Å². The molecule has 2 aromatic rings. The van der Waals surface area contributed by atoms with E-state index in [4.69, 9.17) is 23.2 Å². The predicted molar refractivity (Wildman–Crippen MR) is 101 cm³/mol. The molecule has 128 valence electrons. The Morgan fingerprint density at radius 3 is 2.68 bits per heavy atom. The van der Waals surface area contributed by atoms with Crippen molar-refractivity contribution in [2.24, 2.45) is 0 Å². The first-order chi connectivity index (χ1) is 11.9. The summed E-state index contributed by atoms with van der Waals surface area (Å²) in [6, 6.07) is 7.14. The van der Waals surface area contributed by atoms with E-state index in [1.54, 1.807) is 25.1 Å². The Hall–Kier alpha value is -2.37. The number of hydrogen-bond donors (Lipinski definition) is 2. The fraction of sp³-hybridized carbons (Fsp3) is 0.167. The number of anilines is 2. The van der Waals surface area contributed by atoms with Crippen molar-refractivity contribution in [3.05, 3.63) is 69.3 Å². The zero-order chi connectivity index (χ0) is 18.0. The maximum absolute atomic E-state index is 12.5. The fourth-order valence-electron chi connectivity index (χ4n) is 2.51. The number of rotatable bonds is 4. The molecule has 1 heterocycles. The number of hydrogen-bond acceptors (Lipinski definition) is 4. The first kappa shape index (κ1) is 17.5. The molecule has 1 aliphatic rings. The highest BCUT2D eigenvalue weighted by Gasteiger charge is 2.18. The second kappa shape index (κ2) is 7.25. The highest BCUT2D eigenvalue weighted by Crippen LogP contribution is 2.28. The van der Waals surface area contributed by atoms with Gasteiger partial charge in [-0.1, -0.05) is 41.4 Å². The van der Waals surface area contributed by atoms with E-state index in [-0.39, 0.29) is 5.91 Å². The Labute approximate surface area is 155 Å². The van der Waals surface area contributed by atoms with Crippen molar-refractivity contribution in [3.8, 4) is 0 Å². The van der Waals surface area contributed by atoms with E-state index >= 15 is 0 Å². The molecule has 0 spiro atoms. The number of nitrogens with one attached hydrogen (secondary N) is 2. The van der Waals surface area contributed by atoms with Crippen LogP contribution in [-0.2, 0) is 4.79 Å². The van der Waals surface area contributed by atoms with E-state index < -0.39 is 0 Å². The number of aryl methyl sites for hydroxylation is 2. The second-order valence-electron chi connectivity index (χ2n) is 5.69. The lowest BCUT2D eigenvalue weighted by Gasteiger charge is -2.12. The number of allylic oxidation sites excluding steroid dienone is 3. The fourth-order valence-corrected chi connectivity index (χ4v) is 3.00. The SMILES string of the molecule is Cc1nc(Cl)cc(NC2=CC=C(C(=O)Nc3c(C)cccc3Cl)C2)n1. The third-order valence-corrected chi connectivity index (χ3v) is 4.22. The van der Waals surface area contributed by atoms with Gasteiger partial charge in [0, 0.05) is 23.8 Å². The molecule has 0 saturated heterocycles. The summed E-state index contributed by atoms with van der Waals surface area (Å²) < 4.78 is 0. The molecule has 0 radical (unpaired) electrons. The molecule has 2 N–H and O–H groups in total. The molecule has 25 heavy (non-hydrogen) atoms. The Morgan fingerprint density at radius 2 is 1.96 bits per heavy atom. The van der Waals surface area contributed by atoms with Gasteiger partial charge in [-0.3, -0.25) is 4.79 Å². The summed E-state index contributed by atoms with van der Waals surface area (Å²) in [6.45, 7) is 3.67. The minimum Gasteiger partial charge on any atom is -0.343 e. The number of aromatic nitrogens is 2. The van der Waals surface area contributed by atoms with Crippen molar-refractivity contribution in [1.82, 2.24) is 9.97 Å². The molecule has 1 amide bonds. The van der Waals surface area contributed by atoms with Gasteiger partial charge in [0.2, 0.25) is 0 Å². The lowest BCUT2D eigenvalue weighted by atomic mass is 10.1. The zero-order valence-electron chi connectivity index (χ0n) is 13.7. The number of nitrogens with zero attached hydrogens (tertiary/aromatic N) is 2. The molecule has 1 aliphatic carbocycles. The lowest BCUT2D eigenvalue weighted by Crippen LogP contribution is -2.15. The molecule has 3 rings (SSSR count). The van der Waals surface area contributed by atoms with Crippen LogP contribution >= 0.6 is 23.2 Å². The van der Waals surface area contributed by atoms with Gasteiger partial charge in [-0.05, 0) is 31.6 Å². The van der Waals surface area contributed by atoms with Gasteiger partial charge in [-0.15, -0.1) is 0 Å². The molecule has 1 aromatic heterocycles. The van der Waals surface area contributed by atoms with Crippen LogP contribution in [0.15, 0.2) is 47.7 Å². The topological polar surface area (TPSA) is 66.9 Å². The molecule has 0 bridgehead atoms. The van der Waals surface area contributed by atoms with Gasteiger partial charge < -0.3 is 10.6 Å². The van der Waals surface area contributed by atoms with Crippen LogP contribution in [0.5, 0.6) is 0 Å². The van der Waals surface area contributed by atoms with Crippen LogP contribution in [-0.4, -0.2) is 15.9 Å². The second-order valence-corrected chi connectivity index (χ2v) is 6.49. The van der Waals surface area contributed by atoms with Gasteiger partial charge in [0.05, 0.1) is 10.7 Å². The third kappa shape index (κ3) is 4.18. The van der Waals surface area contributed by atoms with Crippen LogP contribution in [0.3, 0.4) is 0 Å². The first-order valence-electron chi connectivity index (χ1n) is 7.67. The summed E-state index contributed by atoms with van der Waals surface area (Å²) in [5, 5.41) is 6.92. The number of carbonyl (C=O) groups excluding carboxylic acids is 1. The number of para-hydroxylation sites is 1. The zero-order valence-corrected chi connectivity index (χ0v) is 15.2. The van der Waals surface area contributed by atoms with E-state index in [9.17, 15) is 4.79 Å². The monoisotopic (exact) mass is 374 g/mol. The molecular weight excluding hydrogens is 359 g/mol. The summed E-state index contributed by atoms with van der Waals surface area (Å²) >= 11 is 12.1. The molecule has 0 unspecified atom stereocenters. The minimum atomic E-state index is -0.179. The smallest absolute Gasteiger partial charge is 0.252 e. The van der Waals surface area contributed by atoms with Crippen LogP contribution in [0.25, 0.3) is 0 Å². The van der Waals surface area contributed by atoms with E-state index in [0.29, 0.717) is 39.5 Å². The summed E-state index contributed by atoms with van der Waals surface area (Å²) in [7, 11) is 0. The van der Waals surface area contributed by atoms with Crippen molar-refractivity contribution in [1.29, 1.82) is 0 Å². The Kier molecular flexibility index (Phi) is 5.06. The van der Waals surface area contributed by atoms with E-state index in [1.807, 2.05) is 25.1 Å². The summed E-state index contributed by atoms with van der Waals surface area (Å²) in [5.41, 5.74) is 3.04. The van der Waals surface area contributed by atoms with Crippen molar-refractivity contribution >= 4 is 40.6 Å². The predicted octanol–water partition coefficient (Wildman–Crippen LogP) is 4.66. The van der Waals surface area contributed by atoms with Crippen molar-refractivity contribution in [3.63, 3.8) is 0 Å². The van der Waals surface area contributed by atoms with Gasteiger partial charge in [0.1, 0.15) is 16.8 Å². The molecule has 0 saturated carbocycles. The van der Waals surface area contributed by atoms with E-state index in [1.165, 1.54) is 0 Å². The van der Waals surface area contributed by atoms with Gasteiger partial charge in [0.15, 0.2) is 0 Å². The summed E-state index contributed by atoms with van der Waals surface area (Å²) in [5.74, 6) is 0.996. The largest absolute Gasteiger partial charge is 0.343 e. The highest BCUT2D eigenvalue weighted by molar-refractivity contribution is 6.34. The van der Waals surface area contributed by atoms with Gasteiger partial charge >= 0.3 is 0 Å². The van der Waals surface area contributed by atoms with Gasteiger partial charge in [0.25, 0.3) is 5.91 Å². The van der Waals surface area contributed by atoms with Crippen molar-refractivity contribution in [2.45, 2.75) is 20.3 Å². The third-order valence-electron chi connectivity index (χ3n) is 3.71. The Balaban J connectivity index is 1.64. The standard InChI is InChI=1S/C18H16Cl2N4O/c1-10-4-3-5-14(19)17(10)24-18(25)12-6-7-13(8-12)23-16-9-15(20)21-11(2)22-16/h3-7,9H,8H2,1-2H3,(H,24,25)(H,21,22,23). The molecular formula is C18H16Cl2N4O. The van der Waals surface area contributed by atoms with Crippen LogP contribution in [0.4, 0.5) is 11.5 Å². The van der Waals surface area contributed by atoms with E-state index in [0.717, 1.165) is 11.3 Å². The van der Waals surface area contributed by atoms with Crippen molar-refractivity contribution in [2.75, 3.05) is 10.6 Å². The number of carbonyl (C=O) groups is 1. The number of halogens is 2. The minimum absolute atomic E-state index is 0.179. The van der Waals surface area contributed by atoms with Crippen LogP contribution < -0.4 is 10.6 Å². The van der Waals surface area contributed by atoms with Crippen LogP contribution in [0, 0.1) is 13.8 Å². The maximum atomic E-state index is 12.5. The number of benzene rings is 1. The quantitative estimate of drug-likeness (QED) is 0.763. The first-order valence-corrected chi connectivity index (χ1v) is 8.42. The maximum Gasteiger partial charge on any atom is 0.252 e. The van der Waals surface area contributed by atoms with E-state index in [2.05, 4.69) is 20.6 Å². The highest BCUT2D eigenvalue weighted by atomic mass is 35.5. The molecule has 0 atom stereocenters. The molecule has 7 heteroatoms. The Morgan fingerprint density at radius 1 is 1.16 bits per heavy atom. The Bertz CT molecular complexity index is 865. The molecule has 5 nitrogen and oxygen atoms in total. The average Bonchev–Trinajstić information content (AvgIpc) is 2.98. The normalized spacial score (nSPS) is 13.3. The molecule has 0 aliphatic heterocycles. The number of amides is 1. The van der Waals surface area contributed by atoms with Crippen LogP contribution in [0.1, 0.15) is 17.8 Å². The van der Waals surface area contributed by atoms with Gasteiger partial charge in [-0.25, -0.2) is 9.97 Å². The average molecular weight is 375 g/mol. The molecule has 1 aromatic carbocycles.